The van der Waals surface area contributed by atoms with Gasteiger partial charge in [-0.3, -0.25) is 0 Å². The Balaban J connectivity index is 1.78. The molecule has 0 spiro atoms. The second kappa shape index (κ2) is 6.51. The quantitative estimate of drug-likeness (QED) is 0.779. The third kappa shape index (κ3) is 2.77. The van der Waals surface area contributed by atoms with E-state index in [-0.39, 0.29) is 11.9 Å². The number of nitrogens with one attached hydrogen (secondary N) is 1. The maximum Gasteiger partial charge on any atom is 0.226 e. The molecule has 26 heavy (non-hydrogen) atoms. The number of nitrogens with zero attached hydrogens (tertiary/aromatic N) is 3. The number of anilines is 1. The summed E-state index contributed by atoms with van der Waals surface area (Å²) in [6.07, 6.45) is 3.51. The fourth-order valence-electron chi connectivity index (χ4n) is 3.00. The van der Waals surface area contributed by atoms with Crippen LogP contribution in [-0.4, -0.2) is 29.0 Å². The zero-order chi connectivity index (χ0) is 18.1. The summed E-state index contributed by atoms with van der Waals surface area (Å²) in [6.45, 7) is 0. The molecule has 0 fully saturated rings. The first-order valence-corrected chi connectivity index (χ1v) is 8.06. The molecule has 1 unspecified atom stereocenters. The zero-order valence-corrected chi connectivity index (χ0v) is 14.3. The number of halogens is 1. The van der Waals surface area contributed by atoms with Crippen molar-refractivity contribution in [3.05, 3.63) is 71.8 Å². The number of fused-ring (bicyclic) bond motifs is 1. The van der Waals surface area contributed by atoms with Crippen molar-refractivity contribution in [2.45, 2.75) is 6.04 Å². The molecular weight excluding hydrogens is 335 g/mol. The minimum Gasteiger partial charge on any atom is -0.493 e. The third-order valence-corrected chi connectivity index (χ3v) is 4.31. The van der Waals surface area contributed by atoms with Crippen LogP contribution in [0.2, 0.25) is 0 Å². The van der Waals surface area contributed by atoms with Crippen LogP contribution < -0.4 is 14.8 Å². The Kier molecular flexibility index (Phi) is 4.04. The molecule has 0 saturated heterocycles. The van der Waals surface area contributed by atoms with E-state index in [0.29, 0.717) is 17.4 Å². The Bertz CT molecular complexity index is 966. The summed E-state index contributed by atoms with van der Waals surface area (Å²) in [6, 6.07) is 11.9. The van der Waals surface area contributed by atoms with Crippen LogP contribution in [0.1, 0.15) is 17.2 Å². The number of rotatable bonds is 4. The monoisotopic (exact) mass is 352 g/mol. The van der Waals surface area contributed by atoms with E-state index in [1.807, 2.05) is 24.3 Å². The Labute approximate surface area is 149 Å². The second-order valence-corrected chi connectivity index (χ2v) is 5.80. The number of aromatic nitrogens is 3. The summed E-state index contributed by atoms with van der Waals surface area (Å²) in [5.74, 6) is 1.64. The standard InChI is InChI=1S/C19H17FN4O2/c1-25-17-8-5-13(9-18(17)26-2)15-10-16(12-3-6-14(20)7-4-12)24-19(23-15)21-11-22-24/h3-11,16H,1-2H3,(H,21,22,23). The molecule has 7 heteroatoms. The van der Waals surface area contributed by atoms with Gasteiger partial charge in [-0.2, -0.15) is 10.1 Å². The van der Waals surface area contributed by atoms with Gasteiger partial charge in [-0.25, -0.2) is 9.07 Å². The molecule has 0 aliphatic carbocycles. The van der Waals surface area contributed by atoms with E-state index in [4.69, 9.17) is 9.47 Å². The molecular formula is C19H17FN4O2. The van der Waals surface area contributed by atoms with E-state index in [1.54, 1.807) is 31.0 Å². The highest BCUT2D eigenvalue weighted by Gasteiger charge is 2.24. The average Bonchev–Trinajstić information content (AvgIpc) is 3.16. The van der Waals surface area contributed by atoms with E-state index in [9.17, 15) is 4.39 Å². The van der Waals surface area contributed by atoms with Crippen molar-refractivity contribution in [2.24, 2.45) is 0 Å². The second-order valence-electron chi connectivity index (χ2n) is 5.80. The van der Waals surface area contributed by atoms with Gasteiger partial charge in [0.25, 0.3) is 0 Å². The Morgan fingerprint density at radius 1 is 1.04 bits per heavy atom. The normalized spacial score (nSPS) is 15.7. The molecule has 0 bridgehead atoms. The SMILES string of the molecule is COc1ccc(C2=CC(c3ccc(F)cc3)n3ncnc3N2)cc1OC. The fourth-order valence-corrected chi connectivity index (χ4v) is 3.00. The smallest absolute Gasteiger partial charge is 0.226 e. The van der Waals surface area contributed by atoms with Crippen LogP contribution in [0.25, 0.3) is 5.70 Å². The Morgan fingerprint density at radius 2 is 1.81 bits per heavy atom. The minimum absolute atomic E-state index is 0.197. The van der Waals surface area contributed by atoms with Gasteiger partial charge in [-0.15, -0.1) is 0 Å². The molecule has 0 saturated carbocycles. The van der Waals surface area contributed by atoms with Gasteiger partial charge in [0, 0.05) is 11.3 Å². The number of ether oxygens (including phenoxy) is 2. The van der Waals surface area contributed by atoms with E-state index in [0.717, 1.165) is 16.8 Å². The number of hydrogen-bond acceptors (Lipinski definition) is 5. The van der Waals surface area contributed by atoms with Crippen molar-refractivity contribution < 1.29 is 13.9 Å². The average molecular weight is 352 g/mol. The minimum atomic E-state index is -0.273. The molecule has 132 valence electrons. The van der Waals surface area contributed by atoms with E-state index >= 15 is 0 Å². The van der Waals surface area contributed by atoms with Crippen LogP contribution >= 0.6 is 0 Å². The third-order valence-electron chi connectivity index (χ3n) is 4.31. The highest BCUT2D eigenvalue weighted by Crippen LogP contribution is 2.35. The van der Waals surface area contributed by atoms with E-state index in [2.05, 4.69) is 15.4 Å². The van der Waals surface area contributed by atoms with E-state index in [1.165, 1.54) is 18.5 Å². The predicted octanol–water partition coefficient (Wildman–Crippen LogP) is 3.49. The summed E-state index contributed by atoms with van der Waals surface area (Å²) in [5.41, 5.74) is 2.70. The maximum atomic E-state index is 13.3. The van der Waals surface area contributed by atoms with Crippen LogP contribution in [0.15, 0.2) is 54.9 Å². The van der Waals surface area contributed by atoms with Gasteiger partial charge < -0.3 is 14.8 Å². The van der Waals surface area contributed by atoms with Crippen LogP contribution in [0.3, 0.4) is 0 Å². The lowest BCUT2D eigenvalue weighted by atomic mass is 10.0. The lowest BCUT2D eigenvalue weighted by Crippen LogP contribution is -2.20. The van der Waals surface area contributed by atoms with Crippen LogP contribution in [0, 0.1) is 5.82 Å². The highest BCUT2D eigenvalue weighted by atomic mass is 19.1. The number of benzene rings is 2. The number of allylic oxidation sites excluding steroid dienone is 1. The molecule has 0 radical (unpaired) electrons. The molecule has 0 amide bonds. The molecule has 1 aliphatic heterocycles. The topological polar surface area (TPSA) is 61.2 Å². The predicted molar refractivity (Wildman–Crippen MR) is 95.7 cm³/mol. The summed E-state index contributed by atoms with van der Waals surface area (Å²) in [5, 5.41) is 7.56. The Hall–Kier alpha value is -3.35. The molecule has 2 aromatic carbocycles. The first-order valence-electron chi connectivity index (χ1n) is 8.06. The maximum absolute atomic E-state index is 13.3. The molecule has 3 aromatic rings. The molecule has 2 heterocycles. The number of hydrogen-bond donors (Lipinski definition) is 1. The lowest BCUT2D eigenvalue weighted by molar-refractivity contribution is 0.355. The first kappa shape index (κ1) is 16.1. The van der Waals surface area contributed by atoms with E-state index < -0.39 is 0 Å². The van der Waals surface area contributed by atoms with Crippen molar-refractivity contribution in [3.63, 3.8) is 0 Å². The van der Waals surface area contributed by atoms with Gasteiger partial charge in [0.15, 0.2) is 11.5 Å². The first-order chi connectivity index (χ1) is 12.7. The summed E-state index contributed by atoms with van der Waals surface area (Å²) in [7, 11) is 3.20. The van der Waals surface area contributed by atoms with Gasteiger partial charge in [-0.1, -0.05) is 12.1 Å². The lowest BCUT2D eigenvalue weighted by Gasteiger charge is -2.24. The van der Waals surface area contributed by atoms with Crippen molar-refractivity contribution in [1.29, 1.82) is 0 Å². The summed E-state index contributed by atoms with van der Waals surface area (Å²) >= 11 is 0. The zero-order valence-electron chi connectivity index (χ0n) is 14.3. The van der Waals surface area contributed by atoms with Gasteiger partial charge in [0.05, 0.1) is 14.2 Å². The molecule has 1 aliphatic rings. The molecule has 4 rings (SSSR count). The highest BCUT2D eigenvalue weighted by molar-refractivity contribution is 5.78. The van der Waals surface area contributed by atoms with Gasteiger partial charge in [-0.05, 0) is 42.0 Å². The van der Waals surface area contributed by atoms with Crippen LogP contribution in [-0.2, 0) is 0 Å². The van der Waals surface area contributed by atoms with Crippen molar-refractivity contribution >= 4 is 11.6 Å². The summed E-state index contributed by atoms with van der Waals surface area (Å²) in [4.78, 5) is 4.27. The summed E-state index contributed by atoms with van der Waals surface area (Å²) < 4.78 is 25.7. The molecule has 1 atom stereocenters. The van der Waals surface area contributed by atoms with Crippen molar-refractivity contribution in [1.82, 2.24) is 14.8 Å². The van der Waals surface area contributed by atoms with Crippen molar-refractivity contribution in [3.8, 4) is 11.5 Å². The van der Waals surface area contributed by atoms with Gasteiger partial charge in [0.2, 0.25) is 5.95 Å². The number of methoxy groups -OCH3 is 2. The fraction of sp³-hybridized carbons (Fsp3) is 0.158. The molecule has 1 aromatic heterocycles. The van der Waals surface area contributed by atoms with Crippen LogP contribution in [0.5, 0.6) is 11.5 Å². The largest absolute Gasteiger partial charge is 0.493 e. The van der Waals surface area contributed by atoms with Gasteiger partial charge >= 0.3 is 0 Å². The molecule has 6 nitrogen and oxygen atoms in total. The van der Waals surface area contributed by atoms with Gasteiger partial charge in [0.1, 0.15) is 18.2 Å². The molecule has 1 N–H and O–H groups in total. The van der Waals surface area contributed by atoms with Crippen molar-refractivity contribution in [2.75, 3.05) is 19.5 Å². The Morgan fingerprint density at radius 3 is 2.54 bits per heavy atom. The van der Waals surface area contributed by atoms with Crippen LogP contribution in [0.4, 0.5) is 10.3 Å².